The highest BCUT2D eigenvalue weighted by atomic mass is 16.6. The molecule has 1 aromatic heterocycles. The Morgan fingerprint density at radius 2 is 2.04 bits per heavy atom. The molecule has 0 unspecified atom stereocenters. The first-order valence-electron chi connectivity index (χ1n) is 7.28. The zero-order valence-corrected chi connectivity index (χ0v) is 13.5. The number of hydrogen-bond acceptors (Lipinski definition) is 5. The van der Waals surface area contributed by atoms with Crippen LogP contribution in [0.2, 0.25) is 0 Å². The van der Waals surface area contributed by atoms with Crippen LogP contribution in [0.4, 0.5) is 10.5 Å². The van der Waals surface area contributed by atoms with Gasteiger partial charge in [0.1, 0.15) is 0 Å². The van der Waals surface area contributed by atoms with Gasteiger partial charge in [0.2, 0.25) is 0 Å². The number of carbonyl (C=O) groups is 2. The number of nitrogens with zero attached hydrogens (tertiary/aromatic N) is 1. The first-order chi connectivity index (χ1) is 11.0. The number of rotatable bonds is 4. The average molecular weight is 316 g/mol. The fourth-order valence-electron chi connectivity index (χ4n) is 2.40. The van der Waals surface area contributed by atoms with Crippen LogP contribution in [0.5, 0.6) is 0 Å². The van der Waals surface area contributed by atoms with Crippen molar-refractivity contribution in [3.63, 3.8) is 0 Å². The van der Waals surface area contributed by atoms with Crippen molar-refractivity contribution < 1.29 is 19.1 Å². The van der Waals surface area contributed by atoms with E-state index in [4.69, 9.17) is 15.2 Å². The van der Waals surface area contributed by atoms with Crippen LogP contribution in [0.25, 0.3) is 0 Å². The molecule has 0 amide bonds. The summed E-state index contributed by atoms with van der Waals surface area (Å²) in [5.74, 6) is -0.675. The Labute approximate surface area is 134 Å². The number of aryl methyl sites for hydroxylation is 1. The second-order valence-corrected chi connectivity index (χ2v) is 5.14. The highest BCUT2D eigenvalue weighted by Gasteiger charge is 2.24. The molecule has 0 radical (unpaired) electrons. The van der Waals surface area contributed by atoms with Crippen molar-refractivity contribution in [2.24, 2.45) is 0 Å². The van der Waals surface area contributed by atoms with Gasteiger partial charge in [-0.15, -0.1) is 0 Å². The third-order valence-corrected chi connectivity index (χ3v) is 3.45. The van der Waals surface area contributed by atoms with Crippen molar-refractivity contribution >= 4 is 17.7 Å². The minimum absolute atomic E-state index is 0.00592. The highest BCUT2D eigenvalue weighted by Crippen LogP contribution is 2.24. The van der Waals surface area contributed by atoms with Gasteiger partial charge in [-0.2, -0.15) is 0 Å². The van der Waals surface area contributed by atoms with E-state index >= 15 is 0 Å². The van der Waals surface area contributed by atoms with Crippen molar-refractivity contribution in [3.8, 4) is 0 Å². The van der Waals surface area contributed by atoms with Gasteiger partial charge in [0.05, 0.1) is 19.4 Å². The Morgan fingerprint density at radius 3 is 2.65 bits per heavy atom. The number of nitrogen functional groups attached to an aromatic ring is 1. The molecule has 122 valence electrons. The van der Waals surface area contributed by atoms with E-state index in [1.54, 1.807) is 6.92 Å². The summed E-state index contributed by atoms with van der Waals surface area (Å²) >= 11 is 0. The Kier molecular flexibility index (Phi) is 5.05. The third-order valence-electron chi connectivity index (χ3n) is 3.45. The number of aromatic nitrogens is 1. The number of methoxy groups -OCH3 is 1. The molecule has 2 N–H and O–H groups in total. The van der Waals surface area contributed by atoms with E-state index in [1.807, 2.05) is 31.2 Å². The summed E-state index contributed by atoms with van der Waals surface area (Å²) < 4.78 is 10.8. The Morgan fingerprint density at radius 1 is 1.30 bits per heavy atom. The normalized spacial score (nSPS) is 10.4. The predicted octanol–water partition coefficient (Wildman–Crippen LogP) is 2.76. The fourth-order valence-corrected chi connectivity index (χ4v) is 2.40. The summed E-state index contributed by atoms with van der Waals surface area (Å²) in [6, 6.07) is 7.94. The lowest BCUT2D eigenvalue weighted by molar-refractivity contribution is 0.0587. The highest BCUT2D eigenvalue weighted by molar-refractivity contribution is 5.98. The number of anilines is 1. The maximum absolute atomic E-state index is 12.0. The molecular weight excluding hydrogens is 296 g/mol. The van der Waals surface area contributed by atoms with Gasteiger partial charge in [0.15, 0.2) is 5.69 Å². The maximum Gasteiger partial charge on any atom is 0.418 e. The quantitative estimate of drug-likeness (QED) is 0.877. The van der Waals surface area contributed by atoms with Gasteiger partial charge in [0, 0.05) is 12.6 Å². The predicted molar refractivity (Wildman–Crippen MR) is 86.6 cm³/mol. The number of carbonyl (C=O) groups excluding carboxylic acids is 2. The average Bonchev–Trinajstić information content (AvgIpc) is 2.84. The van der Waals surface area contributed by atoms with Crippen LogP contribution in [-0.2, 0) is 15.9 Å². The smallest absolute Gasteiger partial charge is 0.418 e. The molecule has 0 atom stereocenters. The van der Waals surface area contributed by atoms with Gasteiger partial charge in [-0.25, -0.2) is 14.2 Å². The van der Waals surface area contributed by atoms with E-state index in [0.29, 0.717) is 12.0 Å². The van der Waals surface area contributed by atoms with Crippen molar-refractivity contribution in [1.29, 1.82) is 0 Å². The monoisotopic (exact) mass is 316 g/mol. The first-order valence-corrected chi connectivity index (χ1v) is 7.28. The maximum atomic E-state index is 12.0. The first kappa shape index (κ1) is 16.6. The molecule has 6 heteroatoms. The van der Waals surface area contributed by atoms with Crippen molar-refractivity contribution in [2.75, 3.05) is 19.5 Å². The topological polar surface area (TPSA) is 83.5 Å². The van der Waals surface area contributed by atoms with Gasteiger partial charge in [0.25, 0.3) is 0 Å². The molecule has 0 saturated heterocycles. The Balaban J connectivity index is 2.44. The van der Waals surface area contributed by atoms with Gasteiger partial charge in [-0.3, -0.25) is 0 Å². The standard InChI is InChI=1S/C17H20N2O4/c1-4-23-17(21)19-10-13(14(18)15(19)16(20)22-3)9-12-7-5-6-11(2)8-12/h5-8,10H,4,9,18H2,1-3H3. The minimum atomic E-state index is -0.675. The lowest BCUT2D eigenvalue weighted by Crippen LogP contribution is -2.19. The molecule has 23 heavy (non-hydrogen) atoms. The summed E-state index contributed by atoms with van der Waals surface area (Å²) in [6.07, 6.45) is 1.38. The summed E-state index contributed by atoms with van der Waals surface area (Å²) in [5, 5.41) is 0. The van der Waals surface area contributed by atoms with Crippen LogP contribution in [0.3, 0.4) is 0 Å². The van der Waals surface area contributed by atoms with E-state index in [1.165, 1.54) is 13.3 Å². The van der Waals surface area contributed by atoms with Crippen LogP contribution in [-0.4, -0.2) is 30.3 Å². The van der Waals surface area contributed by atoms with E-state index in [0.717, 1.165) is 15.7 Å². The fraction of sp³-hybridized carbons (Fsp3) is 0.294. The third kappa shape index (κ3) is 3.53. The molecule has 0 aliphatic carbocycles. The number of hydrogen-bond donors (Lipinski definition) is 1. The molecule has 2 rings (SSSR count). The van der Waals surface area contributed by atoms with E-state index in [9.17, 15) is 9.59 Å². The van der Waals surface area contributed by atoms with Gasteiger partial charge < -0.3 is 15.2 Å². The number of nitrogens with two attached hydrogens (primary N) is 1. The molecule has 0 aliphatic heterocycles. The van der Waals surface area contributed by atoms with E-state index in [2.05, 4.69) is 0 Å². The van der Waals surface area contributed by atoms with Crippen LogP contribution in [0.1, 0.15) is 34.1 Å². The zero-order valence-electron chi connectivity index (χ0n) is 13.5. The zero-order chi connectivity index (χ0) is 17.0. The molecule has 1 aromatic carbocycles. The Hall–Kier alpha value is -2.76. The van der Waals surface area contributed by atoms with E-state index in [-0.39, 0.29) is 18.0 Å². The minimum Gasteiger partial charge on any atom is -0.464 e. The molecule has 0 aliphatic rings. The molecule has 0 bridgehead atoms. The number of benzene rings is 1. The molecule has 0 saturated carbocycles. The van der Waals surface area contributed by atoms with Gasteiger partial charge >= 0.3 is 12.1 Å². The number of esters is 1. The molecular formula is C17H20N2O4. The second kappa shape index (κ2) is 7.00. The molecule has 1 heterocycles. The largest absolute Gasteiger partial charge is 0.464 e. The van der Waals surface area contributed by atoms with Crippen LogP contribution in [0.15, 0.2) is 30.5 Å². The van der Waals surface area contributed by atoms with Crippen LogP contribution < -0.4 is 5.73 Å². The van der Waals surface area contributed by atoms with Crippen LogP contribution in [0, 0.1) is 6.92 Å². The van der Waals surface area contributed by atoms with Crippen LogP contribution >= 0.6 is 0 Å². The molecule has 0 spiro atoms. The number of ether oxygens (including phenoxy) is 2. The van der Waals surface area contributed by atoms with Gasteiger partial charge in [-0.05, 0) is 25.0 Å². The second-order valence-electron chi connectivity index (χ2n) is 5.14. The van der Waals surface area contributed by atoms with Crippen molar-refractivity contribution in [2.45, 2.75) is 20.3 Å². The molecule has 2 aromatic rings. The Bertz CT molecular complexity index is 734. The van der Waals surface area contributed by atoms with Gasteiger partial charge in [-0.1, -0.05) is 29.8 Å². The molecule has 0 fully saturated rings. The summed E-state index contributed by atoms with van der Waals surface area (Å²) in [5.41, 5.74) is 9.12. The van der Waals surface area contributed by atoms with Crippen molar-refractivity contribution in [3.05, 3.63) is 52.8 Å². The van der Waals surface area contributed by atoms with Crippen molar-refractivity contribution in [1.82, 2.24) is 4.57 Å². The summed E-state index contributed by atoms with van der Waals surface area (Å²) in [6.45, 7) is 3.89. The summed E-state index contributed by atoms with van der Waals surface area (Å²) in [4.78, 5) is 24.0. The summed E-state index contributed by atoms with van der Waals surface area (Å²) in [7, 11) is 1.24. The SMILES string of the molecule is CCOC(=O)n1cc(Cc2cccc(C)c2)c(N)c1C(=O)OC. The van der Waals surface area contributed by atoms with E-state index < -0.39 is 12.1 Å². The molecule has 6 nitrogen and oxygen atoms in total. The lowest BCUT2D eigenvalue weighted by atomic mass is 10.0. The lowest BCUT2D eigenvalue weighted by Gasteiger charge is -2.06.